The smallest absolute Gasteiger partial charge is 0.335 e. The number of carboxylic acids is 1. The lowest BCUT2D eigenvalue weighted by Gasteiger charge is -2.42. The van der Waals surface area contributed by atoms with E-state index in [0.717, 1.165) is 73.0 Å². The molecule has 0 saturated carbocycles. The van der Waals surface area contributed by atoms with Crippen LogP contribution in [0, 0.1) is 5.92 Å². The van der Waals surface area contributed by atoms with Gasteiger partial charge in [0.2, 0.25) is 0 Å². The number of carboxylic acid groups (broad SMARTS) is 1. The van der Waals surface area contributed by atoms with Crippen molar-refractivity contribution in [2.24, 2.45) is 5.92 Å². The fourth-order valence-corrected chi connectivity index (χ4v) is 6.45. The van der Waals surface area contributed by atoms with Gasteiger partial charge in [-0.3, -0.25) is 0 Å². The summed E-state index contributed by atoms with van der Waals surface area (Å²) in [6.45, 7) is 4.33. The average molecular weight is 549 g/mol. The van der Waals surface area contributed by atoms with Crippen LogP contribution in [0.2, 0.25) is 0 Å². The van der Waals surface area contributed by atoms with E-state index < -0.39 is 11.6 Å². The normalized spacial score (nSPS) is 15.0. The molecule has 41 heavy (non-hydrogen) atoms. The second-order valence-corrected chi connectivity index (χ2v) is 11.1. The van der Waals surface area contributed by atoms with Gasteiger partial charge in [0, 0.05) is 36.0 Å². The van der Waals surface area contributed by atoms with Crippen LogP contribution in [0.4, 0.5) is 0 Å². The van der Waals surface area contributed by atoms with Crippen LogP contribution in [0.25, 0.3) is 10.9 Å². The highest BCUT2D eigenvalue weighted by Gasteiger charge is 2.41. The van der Waals surface area contributed by atoms with E-state index in [-0.39, 0.29) is 5.92 Å². The predicted molar refractivity (Wildman–Crippen MR) is 160 cm³/mol. The molecule has 1 aliphatic rings. The van der Waals surface area contributed by atoms with Gasteiger partial charge in [0.15, 0.2) is 0 Å². The summed E-state index contributed by atoms with van der Waals surface area (Å²) >= 11 is 0. The van der Waals surface area contributed by atoms with Crippen molar-refractivity contribution in [2.75, 3.05) is 19.6 Å². The Kier molecular flexibility index (Phi) is 7.72. The number of fused-ring (bicyclic) bond motifs is 1. The number of piperidine rings is 1. The number of imidazole rings is 1. The largest absolute Gasteiger partial charge is 0.478 e. The van der Waals surface area contributed by atoms with E-state index >= 15 is 0 Å². The highest BCUT2D eigenvalue weighted by atomic mass is 16.4. The lowest BCUT2D eigenvalue weighted by molar-refractivity contribution is -0.0143. The lowest BCUT2D eigenvalue weighted by Crippen LogP contribution is -2.44. The molecule has 0 radical (unpaired) electrons. The van der Waals surface area contributed by atoms with Gasteiger partial charge in [-0.25, -0.2) is 9.78 Å². The third-order valence-corrected chi connectivity index (χ3v) is 8.60. The third kappa shape index (κ3) is 5.56. The average Bonchev–Trinajstić information content (AvgIpc) is 3.66. The molecular formula is C34H36N4O3. The molecule has 3 aromatic carbocycles. The predicted octanol–water partition coefficient (Wildman–Crippen LogP) is 5.62. The van der Waals surface area contributed by atoms with Crippen LogP contribution in [0.1, 0.15) is 46.3 Å². The fraction of sp³-hybridized carbons (Fsp3) is 0.294. The van der Waals surface area contributed by atoms with Crippen LogP contribution in [0.3, 0.4) is 0 Å². The monoisotopic (exact) mass is 548 g/mol. The molecule has 6 rings (SSSR count). The number of aryl methyl sites for hydroxylation is 1. The molecule has 1 saturated heterocycles. The molecule has 7 heteroatoms. The Morgan fingerprint density at radius 3 is 2.22 bits per heavy atom. The van der Waals surface area contributed by atoms with Crippen molar-refractivity contribution in [1.29, 1.82) is 0 Å². The minimum atomic E-state index is -1.01. The first-order valence-electron chi connectivity index (χ1n) is 14.4. The first-order chi connectivity index (χ1) is 20.0. The van der Waals surface area contributed by atoms with Crippen molar-refractivity contribution in [2.45, 2.75) is 38.0 Å². The summed E-state index contributed by atoms with van der Waals surface area (Å²) in [5.41, 5.74) is 3.31. The maximum Gasteiger partial charge on any atom is 0.335 e. The Labute approximate surface area is 240 Å². The van der Waals surface area contributed by atoms with E-state index in [1.54, 1.807) is 24.7 Å². The molecule has 210 valence electrons. The topological polar surface area (TPSA) is 83.5 Å². The number of aromatic carboxylic acids is 1. The zero-order chi connectivity index (χ0) is 28.2. The Bertz CT molecular complexity index is 1550. The number of aromatic nitrogens is 3. The maximum absolute atomic E-state index is 12.2. The van der Waals surface area contributed by atoms with Crippen molar-refractivity contribution in [3.05, 3.63) is 126 Å². The summed E-state index contributed by atoms with van der Waals surface area (Å²) in [6.07, 6.45) is 10.5. The molecule has 1 fully saturated rings. The number of aliphatic hydroxyl groups is 1. The fourth-order valence-electron chi connectivity index (χ4n) is 6.45. The van der Waals surface area contributed by atoms with E-state index in [9.17, 15) is 15.0 Å². The summed E-state index contributed by atoms with van der Waals surface area (Å²) in [4.78, 5) is 18.3. The summed E-state index contributed by atoms with van der Waals surface area (Å²) < 4.78 is 4.23. The number of rotatable bonds is 10. The molecule has 0 bridgehead atoms. The number of hydrogen-bond acceptors (Lipinski definition) is 4. The van der Waals surface area contributed by atoms with Gasteiger partial charge >= 0.3 is 5.97 Å². The van der Waals surface area contributed by atoms with E-state index in [0.29, 0.717) is 12.1 Å². The van der Waals surface area contributed by atoms with Gasteiger partial charge in [0.1, 0.15) is 5.60 Å². The molecular weight excluding hydrogens is 512 g/mol. The van der Waals surface area contributed by atoms with Crippen LogP contribution < -0.4 is 0 Å². The second kappa shape index (κ2) is 11.7. The summed E-state index contributed by atoms with van der Waals surface area (Å²) in [5, 5.41) is 22.8. The second-order valence-electron chi connectivity index (χ2n) is 11.1. The molecule has 7 nitrogen and oxygen atoms in total. The number of nitrogens with zero attached hydrogens (tertiary/aromatic N) is 4. The SMILES string of the molecule is O=C(O)c1ccc2c(Cn3ccnc3)cn(CCCN3CCC(C(O)(c4ccccc4)c4ccccc4)CC3)c2c1. The Hall–Kier alpha value is -4.20. The highest BCUT2D eigenvalue weighted by molar-refractivity contribution is 5.94. The Balaban J connectivity index is 1.13. The van der Waals surface area contributed by atoms with Gasteiger partial charge in [-0.15, -0.1) is 0 Å². The molecule has 2 aromatic heterocycles. The summed E-state index contributed by atoms with van der Waals surface area (Å²) in [7, 11) is 0. The Morgan fingerprint density at radius 1 is 0.927 bits per heavy atom. The van der Waals surface area contributed by atoms with Crippen molar-refractivity contribution in [3.63, 3.8) is 0 Å². The maximum atomic E-state index is 12.2. The first kappa shape index (κ1) is 27.0. The molecule has 5 aromatic rings. The molecule has 0 unspecified atom stereocenters. The minimum absolute atomic E-state index is 0.136. The van der Waals surface area contributed by atoms with Gasteiger partial charge in [-0.1, -0.05) is 66.7 Å². The van der Waals surface area contributed by atoms with Crippen LogP contribution in [0.15, 0.2) is 104 Å². The number of likely N-dealkylation sites (tertiary alicyclic amines) is 1. The molecule has 2 N–H and O–H groups in total. The third-order valence-electron chi connectivity index (χ3n) is 8.60. The van der Waals surface area contributed by atoms with Crippen molar-refractivity contribution in [1.82, 2.24) is 19.0 Å². The van der Waals surface area contributed by atoms with Gasteiger partial charge in [-0.05, 0) is 73.6 Å². The number of carbonyl (C=O) groups is 1. The van der Waals surface area contributed by atoms with E-state index in [1.807, 2.05) is 77.5 Å². The van der Waals surface area contributed by atoms with Gasteiger partial charge in [0.25, 0.3) is 0 Å². The van der Waals surface area contributed by atoms with Crippen LogP contribution in [-0.4, -0.2) is 54.8 Å². The van der Waals surface area contributed by atoms with Crippen molar-refractivity contribution < 1.29 is 15.0 Å². The summed E-state index contributed by atoms with van der Waals surface area (Å²) in [6, 6.07) is 25.6. The van der Waals surface area contributed by atoms with E-state index in [2.05, 4.69) is 20.6 Å². The van der Waals surface area contributed by atoms with Crippen LogP contribution >= 0.6 is 0 Å². The zero-order valence-corrected chi connectivity index (χ0v) is 23.1. The first-order valence-corrected chi connectivity index (χ1v) is 14.4. The van der Waals surface area contributed by atoms with E-state index in [4.69, 9.17) is 0 Å². The highest BCUT2D eigenvalue weighted by Crippen LogP contribution is 2.42. The van der Waals surface area contributed by atoms with Gasteiger partial charge in [-0.2, -0.15) is 0 Å². The van der Waals surface area contributed by atoms with Gasteiger partial charge in [0.05, 0.1) is 18.4 Å². The van der Waals surface area contributed by atoms with Crippen molar-refractivity contribution in [3.8, 4) is 0 Å². The molecule has 1 aliphatic heterocycles. The van der Waals surface area contributed by atoms with E-state index in [1.165, 1.54) is 0 Å². The quantitative estimate of drug-likeness (QED) is 0.237. The zero-order valence-electron chi connectivity index (χ0n) is 23.1. The Morgan fingerprint density at radius 2 is 1.61 bits per heavy atom. The summed E-state index contributed by atoms with van der Waals surface area (Å²) in [5.74, 6) is -0.776. The molecule has 0 amide bonds. The molecule has 0 atom stereocenters. The molecule has 0 spiro atoms. The molecule has 3 heterocycles. The minimum Gasteiger partial charge on any atom is -0.478 e. The van der Waals surface area contributed by atoms with Crippen molar-refractivity contribution >= 4 is 16.9 Å². The van der Waals surface area contributed by atoms with Crippen LogP contribution in [-0.2, 0) is 18.7 Å². The lowest BCUT2D eigenvalue weighted by atomic mass is 9.72. The molecule has 0 aliphatic carbocycles. The number of hydrogen-bond donors (Lipinski definition) is 2. The number of benzene rings is 3. The standard InChI is InChI=1S/C34H36N4O3/c39-33(40)26-12-13-31-27(23-37-21-16-35-25-37)24-38(32(31)22-26)18-7-17-36-19-14-30(15-20-36)34(41,28-8-3-1-4-9-28)29-10-5-2-6-11-29/h1-6,8-13,16,21-22,24-25,30,41H,7,14-15,17-20,23H2,(H,39,40). The van der Waals surface area contributed by atoms with Gasteiger partial charge < -0.3 is 24.2 Å². The van der Waals surface area contributed by atoms with Crippen LogP contribution in [0.5, 0.6) is 0 Å².